The maximum Gasteiger partial charge on any atom is 0.288 e. The summed E-state index contributed by atoms with van der Waals surface area (Å²) in [6, 6.07) is 19.1. The van der Waals surface area contributed by atoms with E-state index in [0.717, 1.165) is 0 Å². The van der Waals surface area contributed by atoms with E-state index in [2.05, 4.69) is 15.5 Å². The summed E-state index contributed by atoms with van der Waals surface area (Å²) >= 11 is 0. The predicted octanol–water partition coefficient (Wildman–Crippen LogP) is 4.42. The van der Waals surface area contributed by atoms with E-state index in [1.807, 2.05) is 6.07 Å². The second-order valence-electron chi connectivity index (χ2n) is 6.78. The van der Waals surface area contributed by atoms with Crippen LogP contribution in [0.25, 0.3) is 22.0 Å². The predicted molar refractivity (Wildman–Crippen MR) is 119 cm³/mol. The van der Waals surface area contributed by atoms with E-state index < -0.39 is 15.8 Å². The van der Waals surface area contributed by atoms with Crippen LogP contribution in [0.5, 0.6) is 0 Å². The molecule has 10 heteroatoms. The molecule has 0 spiro atoms. The first-order valence-corrected chi connectivity index (χ1v) is 9.37. The van der Waals surface area contributed by atoms with Gasteiger partial charge in [0.1, 0.15) is 5.69 Å². The standard InChI is InChI=1S/C22H15N5O5/c28-22(25-23-13-14-6-8-16(9-7-14)26(29)30)21-20(15-4-2-1-3-5-15)18-12-17(27(31)32)10-11-19(18)24-21/h1-13,24H,(H,25,28)/b23-13+. The van der Waals surface area contributed by atoms with Crippen molar-refractivity contribution in [3.05, 3.63) is 104 Å². The van der Waals surface area contributed by atoms with Crippen LogP contribution in [0.15, 0.2) is 77.9 Å². The zero-order valence-electron chi connectivity index (χ0n) is 16.4. The van der Waals surface area contributed by atoms with Crippen LogP contribution in [0.4, 0.5) is 11.4 Å². The summed E-state index contributed by atoms with van der Waals surface area (Å²) in [6.07, 6.45) is 1.36. The van der Waals surface area contributed by atoms with Crippen LogP contribution in [-0.2, 0) is 0 Å². The minimum absolute atomic E-state index is 0.0501. The SMILES string of the molecule is O=C(N/N=C/c1ccc([N+](=O)[O-])cc1)c1[nH]c2ccc([N+](=O)[O-])cc2c1-c1ccccc1. The first-order chi connectivity index (χ1) is 15.4. The van der Waals surface area contributed by atoms with E-state index in [1.54, 1.807) is 30.3 Å². The van der Waals surface area contributed by atoms with Gasteiger partial charge >= 0.3 is 0 Å². The van der Waals surface area contributed by atoms with Gasteiger partial charge in [0.25, 0.3) is 17.3 Å². The first kappa shape index (κ1) is 20.4. The Balaban J connectivity index is 1.67. The molecular formula is C22H15N5O5. The van der Waals surface area contributed by atoms with Crippen molar-refractivity contribution in [2.45, 2.75) is 0 Å². The number of nitro benzene ring substituents is 2. The third-order valence-electron chi connectivity index (χ3n) is 4.77. The largest absolute Gasteiger partial charge is 0.350 e. The Bertz CT molecular complexity index is 1360. The fraction of sp³-hybridized carbons (Fsp3) is 0. The molecule has 0 radical (unpaired) electrons. The number of benzene rings is 3. The molecule has 2 N–H and O–H groups in total. The average molecular weight is 429 g/mol. The number of amides is 1. The van der Waals surface area contributed by atoms with Gasteiger partial charge in [-0.2, -0.15) is 5.10 Å². The average Bonchev–Trinajstić information content (AvgIpc) is 3.19. The summed E-state index contributed by atoms with van der Waals surface area (Å²) in [6.45, 7) is 0. The maximum atomic E-state index is 12.9. The highest BCUT2D eigenvalue weighted by Crippen LogP contribution is 2.34. The highest BCUT2D eigenvalue weighted by molar-refractivity contribution is 6.10. The number of nitrogens with one attached hydrogen (secondary N) is 2. The zero-order valence-corrected chi connectivity index (χ0v) is 16.4. The van der Waals surface area contributed by atoms with Crippen LogP contribution in [0.3, 0.4) is 0 Å². The van der Waals surface area contributed by atoms with E-state index in [-0.39, 0.29) is 17.1 Å². The second-order valence-corrected chi connectivity index (χ2v) is 6.78. The van der Waals surface area contributed by atoms with Crippen LogP contribution >= 0.6 is 0 Å². The number of nitrogens with zero attached hydrogens (tertiary/aromatic N) is 3. The smallest absolute Gasteiger partial charge is 0.288 e. The number of carbonyl (C=O) groups excluding carboxylic acids is 1. The normalized spacial score (nSPS) is 11.0. The second kappa shape index (κ2) is 8.48. The van der Waals surface area contributed by atoms with Gasteiger partial charge in [-0.1, -0.05) is 30.3 Å². The lowest BCUT2D eigenvalue weighted by molar-refractivity contribution is -0.385. The third-order valence-corrected chi connectivity index (χ3v) is 4.77. The molecule has 0 fully saturated rings. The summed E-state index contributed by atoms with van der Waals surface area (Å²) in [5, 5.41) is 26.4. The van der Waals surface area contributed by atoms with Gasteiger partial charge in [-0.25, -0.2) is 5.43 Å². The van der Waals surface area contributed by atoms with Crippen LogP contribution < -0.4 is 5.43 Å². The molecule has 0 aliphatic carbocycles. The number of rotatable bonds is 6. The van der Waals surface area contributed by atoms with Gasteiger partial charge in [0.15, 0.2) is 0 Å². The molecule has 4 aromatic rings. The molecular weight excluding hydrogens is 414 g/mol. The molecule has 0 saturated heterocycles. The first-order valence-electron chi connectivity index (χ1n) is 9.37. The molecule has 1 heterocycles. The Morgan fingerprint density at radius 3 is 2.22 bits per heavy atom. The molecule has 1 amide bonds. The summed E-state index contributed by atoms with van der Waals surface area (Å²) in [5.41, 5.74) is 4.85. The van der Waals surface area contributed by atoms with Crippen LogP contribution in [-0.4, -0.2) is 27.0 Å². The van der Waals surface area contributed by atoms with Crippen LogP contribution in [0.2, 0.25) is 0 Å². The van der Waals surface area contributed by atoms with Crippen molar-refractivity contribution in [3.8, 4) is 11.1 Å². The number of aromatic nitrogens is 1. The van der Waals surface area contributed by atoms with Gasteiger partial charge < -0.3 is 4.98 Å². The lowest BCUT2D eigenvalue weighted by Gasteiger charge is -2.04. The Hall–Kier alpha value is -4.86. The van der Waals surface area contributed by atoms with Crippen LogP contribution in [0.1, 0.15) is 16.1 Å². The van der Waals surface area contributed by atoms with Crippen molar-refractivity contribution >= 4 is 34.4 Å². The minimum Gasteiger partial charge on any atom is -0.350 e. The van der Waals surface area contributed by atoms with Gasteiger partial charge in [0.05, 0.1) is 16.1 Å². The molecule has 0 aliphatic rings. The molecule has 0 unspecified atom stereocenters. The van der Waals surface area contributed by atoms with Gasteiger partial charge in [0, 0.05) is 40.7 Å². The number of non-ortho nitro benzene ring substituents is 2. The van der Waals surface area contributed by atoms with Crippen molar-refractivity contribution in [1.82, 2.24) is 10.4 Å². The monoisotopic (exact) mass is 429 g/mol. The fourth-order valence-electron chi connectivity index (χ4n) is 3.27. The summed E-state index contributed by atoms with van der Waals surface area (Å²) in [5.74, 6) is -0.541. The van der Waals surface area contributed by atoms with Gasteiger partial charge in [0.2, 0.25) is 0 Å². The molecule has 0 saturated carbocycles. The minimum atomic E-state index is -0.541. The summed E-state index contributed by atoms with van der Waals surface area (Å²) in [4.78, 5) is 36.9. The molecule has 10 nitrogen and oxygen atoms in total. The van der Waals surface area contributed by atoms with E-state index in [9.17, 15) is 25.0 Å². The van der Waals surface area contributed by atoms with Crippen LogP contribution in [0, 0.1) is 20.2 Å². The van der Waals surface area contributed by atoms with Gasteiger partial charge in [-0.05, 0) is 29.3 Å². The molecule has 158 valence electrons. The molecule has 3 aromatic carbocycles. The number of aromatic amines is 1. The molecule has 0 atom stereocenters. The number of fused-ring (bicyclic) bond motifs is 1. The van der Waals surface area contributed by atoms with E-state index in [4.69, 9.17) is 0 Å². The Morgan fingerprint density at radius 1 is 0.906 bits per heavy atom. The zero-order chi connectivity index (χ0) is 22.7. The summed E-state index contributed by atoms with van der Waals surface area (Å²) in [7, 11) is 0. The Kier molecular flexibility index (Phi) is 5.41. The number of carbonyl (C=O) groups is 1. The molecule has 32 heavy (non-hydrogen) atoms. The number of hydrogen-bond acceptors (Lipinski definition) is 6. The van der Waals surface area contributed by atoms with Gasteiger partial charge in [-0.3, -0.25) is 25.0 Å². The van der Waals surface area contributed by atoms with Crippen molar-refractivity contribution in [2.24, 2.45) is 5.10 Å². The van der Waals surface area contributed by atoms with Crippen molar-refractivity contribution in [3.63, 3.8) is 0 Å². The van der Waals surface area contributed by atoms with Crippen molar-refractivity contribution in [1.29, 1.82) is 0 Å². The van der Waals surface area contributed by atoms with E-state index >= 15 is 0 Å². The number of hydrazone groups is 1. The molecule has 0 bridgehead atoms. The van der Waals surface area contributed by atoms with Crippen molar-refractivity contribution in [2.75, 3.05) is 0 Å². The maximum absolute atomic E-state index is 12.9. The lowest BCUT2D eigenvalue weighted by atomic mass is 10.0. The van der Waals surface area contributed by atoms with Crippen molar-refractivity contribution < 1.29 is 14.6 Å². The Labute approximate surface area is 180 Å². The van der Waals surface area contributed by atoms with E-state index in [0.29, 0.717) is 27.6 Å². The number of H-pyrrole nitrogens is 1. The highest BCUT2D eigenvalue weighted by atomic mass is 16.6. The third kappa shape index (κ3) is 4.05. The number of hydrogen-bond donors (Lipinski definition) is 2. The lowest BCUT2D eigenvalue weighted by Crippen LogP contribution is -2.18. The van der Waals surface area contributed by atoms with E-state index in [1.165, 1.54) is 42.6 Å². The highest BCUT2D eigenvalue weighted by Gasteiger charge is 2.21. The quantitative estimate of drug-likeness (QED) is 0.265. The summed E-state index contributed by atoms with van der Waals surface area (Å²) < 4.78 is 0. The fourth-order valence-corrected chi connectivity index (χ4v) is 3.27. The number of nitro groups is 2. The van der Waals surface area contributed by atoms with Gasteiger partial charge in [-0.15, -0.1) is 0 Å². The molecule has 0 aliphatic heterocycles. The topological polar surface area (TPSA) is 144 Å². The Morgan fingerprint density at radius 2 is 1.56 bits per heavy atom. The molecule has 1 aromatic heterocycles. The molecule has 4 rings (SSSR count).